The van der Waals surface area contributed by atoms with Crippen molar-refractivity contribution in [3.8, 4) is 5.88 Å². The van der Waals surface area contributed by atoms with Gasteiger partial charge in [0.2, 0.25) is 5.88 Å². The van der Waals surface area contributed by atoms with E-state index in [-0.39, 0.29) is 26.9 Å². The molecule has 22 heavy (non-hydrogen) atoms. The van der Waals surface area contributed by atoms with Gasteiger partial charge in [-0.15, -0.1) is 10.2 Å². The van der Waals surface area contributed by atoms with Crippen LogP contribution in [0.15, 0.2) is 34.5 Å². The molecule has 2 heterocycles. The number of hydrogen-bond donors (Lipinski definition) is 2. The van der Waals surface area contributed by atoms with E-state index in [0.29, 0.717) is 5.69 Å². The summed E-state index contributed by atoms with van der Waals surface area (Å²) in [5.41, 5.74) is 2.10. The van der Waals surface area contributed by atoms with Crippen LogP contribution < -0.4 is 0 Å². The van der Waals surface area contributed by atoms with Crippen LogP contribution in [-0.4, -0.2) is 15.1 Å². The van der Waals surface area contributed by atoms with Gasteiger partial charge in [-0.25, -0.2) is 4.98 Å². The van der Waals surface area contributed by atoms with E-state index in [0.717, 1.165) is 16.5 Å². The van der Waals surface area contributed by atoms with Crippen molar-refractivity contribution in [3.05, 3.63) is 45.0 Å². The van der Waals surface area contributed by atoms with Crippen molar-refractivity contribution in [2.75, 3.05) is 0 Å². The normalized spacial score (nSPS) is 11.6. The molecule has 0 bridgehead atoms. The zero-order valence-electron chi connectivity index (χ0n) is 11.2. The second kappa shape index (κ2) is 5.76. The average Bonchev–Trinajstić information content (AvgIpc) is 2.77. The first-order chi connectivity index (χ1) is 10.5. The summed E-state index contributed by atoms with van der Waals surface area (Å²) in [6, 6.07) is 7.11. The summed E-state index contributed by atoms with van der Waals surface area (Å²) in [7, 11) is 0. The van der Waals surface area contributed by atoms with E-state index in [1.54, 1.807) is 0 Å². The predicted molar refractivity (Wildman–Crippen MR) is 88.1 cm³/mol. The lowest BCUT2D eigenvalue weighted by atomic mass is 10.2. The van der Waals surface area contributed by atoms with Crippen molar-refractivity contribution < 1.29 is 5.11 Å². The van der Waals surface area contributed by atoms with Gasteiger partial charge in [0.1, 0.15) is 5.15 Å². The lowest BCUT2D eigenvalue weighted by molar-refractivity contribution is 0.459. The fraction of sp³-hybridized carbons (Fsp3) is 0.0714. The Morgan fingerprint density at radius 3 is 2.64 bits per heavy atom. The Morgan fingerprint density at radius 1 is 1.09 bits per heavy atom. The second-order valence-corrected chi connectivity index (χ2v) is 5.81. The third-order valence-corrected chi connectivity index (χ3v) is 3.97. The number of azo groups is 1. The van der Waals surface area contributed by atoms with Crippen LogP contribution in [0.2, 0.25) is 15.2 Å². The largest absolute Gasteiger partial charge is 0.493 e. The molecule has 0 atom stereocenters. The van der Waals surface area contributed by atoms with E-state index in [2.05, 4.69) is 20.2 Å². The summed E-state index contributed by atoms with van der Waals surface area (Å²) in [6.45, 7) is 1.95. The number of hydrogen-bond acceptors (Lipinski definition) is 4. The van der Waals surface area contributed by atoms with Crippen LogP contribution in [-0.2, 0) is 0 Å². The summed E-state index contributed by atoms with van der Waals surface area (Å²) in [5.74, 6) is 0.0398. The van der Waals surface area contributed by atoms with Crippen LogP contribution in [0.5, 0.6) is 5.88 Å². The number of aryl methyl sites for hydroxylation is 1. The molecule has 5 nitrogen and oxygen atoms in total. The number of H-pyrrole nitrogens is 1. The van der Waals surface area contributed by atoms with Crippen molar-refractivity contribution >= 4 is 57.2 Å². The molecule has 0 saturated heterocycles. The Hall–Kier alpha value is -1.82. The van der Waals surface area contributed by atoms with Crippen molar-refractivity contribution in [2.24, 2.45) is 10.2 Å². The third kappa shape index (κ3) is 2.75. The number of rotatable bonds is 2. The molecule has 112 valence electrons. The Morgan fingerprint density at radius 2 is 1.86 bits per heavy atom. The van der Waals surface area contributed by atoms with Crippen molar-refractivity contribution in [1.29, 1.82) is 0 Å². The monoisotopic (exact) mass is 354 g/mol. The Balaban J connectivity index is 2.08. The van der Waals surface area contributed by atoms with Gasteiger partial charge in [-0.3, -0.25) is 0 Å². The lowest BCUT2D eigenvalue weighted by Gasteiger charge is -1.99. The highest BCUT2D eigenvalue weighted by molar-refractivity contribution is 6.42. The molecule has 1 aromatic carbocycles. The minimum Gasteiger partial charge on any atom is -0.493 e. The molecule has 3 rings (SSSR count). The van der Waals surface area contributed by atoms with Crippen molar-refractivity contribution in [1.82, 2.24) is 9.97 Å². The molecule has 0 spiro atoms. The standard InChI is InChI=1S/C14H9Cl3N4O/c1-6-2-3-10-7(4-6)11(14(22)18-10)20-21-13-9(16)5-8(15)12(17)19-13/h2-5,18,22H,1H3. The van der Waals surface area contributed by atoms with Gasteiger partial charge in [0.05, 0.1) is 15.6 Å². The molecule has 0 aliphatic carbocycles. The highest BCUT2D eigenvalue weighted by Gasteiger charge is 2.12. The molecule has 0 radical (unpaired) electrons. The molecule has 0 fully saturated rings. The Bertz CT molecular complexity index is 905. The summed E-state index contributed by atoms with van der Waals surface area (Å²) in [6.07, 6.45) is 0. The van der Waals surface area contributed by atoms with Gasteiger partial charge in [0, 0.05) is 5.39 Å². The van der Waals surface area contributed by atoms with E-state index >= 15 is 0 Å². The topological polar surface area (TPSA) is 73.6 Å². The van der Waals surface area contributed by atoms with Crippen LogP contribution in [0.1, 0.15) is 5.56 Å². The highest BCUT2D eigenvalue weighted by Crippen LogP contribution is 2.38. The van der Waals surface area contributed by atoms with Crippen LogP contribution in [0, 0.1) is 6.92 Å². The quantitative estimate of drug-likeness (QED) is 0.440. The van der Waals surface area contributed by atoms with Gasteiger partial charge in [-0.1, -0.05) is 46.4 Å². The second-order valence-electron chi connectivity index (χ2n) is 4.64. The summed E-state index contributed by atoms with van der Waals surface area (Å²) >= 11 is 17.6. The molecular formula is C14H9Cl3N4O. The maximum atomic E-state index is 9.96. The Labute approximate surface area is 140 Å². The number of aromatic hydroxyl groups is 1. The number of aromatic nitrogens is 2. The van der Waals surface area contributed by atoms with E-state index < -0.39 is 0 Å². The third-order valence-electron chi connectivity index (χ3n) is 3.02. The number of pyridine rings is 1. The Kier molecular flexibility index (Phi) is 3.95. The predicted octanol–water partition coefficient (Wildman–Crippen LogP) is 5.95. The molecule has 0 saturated carbocycles. The minimum atomic E-state index is -0.0828. The molecule has 0 amide bonds. The summed E-state index contributed by atoms with van der Waals surface area (Å²) in [5, 5.41) is 19.2. The van der Waals surface area contributed by atoms with Crippen LogP contribution in [0.25, 0.3) is 10.9 Å². The van der Waals surface area contributed by atoms with Crippen LogP contribution >= 0.6 is 34.8 Å². The van der Waals surface area contributed by atoms with Crippen LogP contribution in [0.4, 0.5) is 11.5 Å². The van der Waals surface area contributed by atoms with Gasteiger partial charge < -0.3 is 10.1 Å². The highest BCUT2D eigenvalue weighted by atomic mass is 35.5. The van der Waals surface area contributed by atoms with Gasteiger partial charge in [-0.2, -0.15) is 0 Å². The first-order valence-corrected chi connectivity index (χ1v) is 7.33. The van der Waals surface area contributed by atoms with Gasteiger partial charge in [-0.05, 0) is 25.1 Å². The first kappa shape index (κ1) is 15.1. The SMILES string of the molecule is Cc1ccc2[nH]c(O)c(N=Nc3nc(Cl)c(Cl)cc3Cl)c2c1. The summed E-state index contributed by atoms with van der Waals surface area (Å²) < 4.78 is 0. The first-order valence-electron chi connectivity index (χ1n) is 6.20. The number of nitrogens with zero attached hydrogens (tertiary/aromatic N) is 3. The summed E-state index contributed by atoms with van der Waals surface area (Å²) in [4.78, 5) is 6.78. The molecule has 2 aromatic heterocycles. The molecule has 8 heteroatoms. The average molecular weight is 356 g/mol. The zero-order chi connectivity index (χ0) is 15.9. The maximum Gasteiger partial charge on any atom is 0.218 e. The fourth-order valence-electron chi connectivity index (χ4n) is 1.98. The number of nitrogens with one attached hydrogen (secondary N) is 1. The lowest BCUT2D eigenvalue weighted by Crippen LogP contribution is -1.79. The van der Waals surface area contributed by atoms with Gasteiger partial charge in [0.25, 0.3) is 0 Å². The molecule has 3 aromatic rings. The number of aromatic amines is 1. The molecular weight excluding hydrogens is 347 g/mol. The number of benzene rings is 1. The smallest absolute Gasteiger partial charge is 0.218 e. The number of fused-ring (bicyclic) bond motifs is 1. The van der Waals surface area contributed by atoms with Crippen LogP contribution in [0.3, 0.4) is 0 Å². The zero-order valence-corrected chi connectivity index (χ0v) is 13.5. The van der Waals surface area contributed by atoms with E-state index in [9.17, 15) is 5.11 Å². The molecule has 0 unspecified atom stereocenters. The maximum absolute atomic E-state index is 9.96. The van der Waals surface area contributed by atoms with E-state index in [1.165, 1.54) is 6.07 Å². The van der Waals surface area contributed by atoms with Gasteiger partial charge >= 0.3 is 0 Å². The molecule has 0 aliphatic rings. The van der Waals surface area contributed by atoms with Crippen molar-refractivity contribution in [2.45, 2.75) is 6.92 Å². The van der Waals surface area contributed by atoms with Crippen molar-refractivity contribution in [3.63, 3.8) is 0 Å². The number of halogens is 3. The molecule has 0 aliphatic heterocycles. The van der Waals surface area contributed by atoms with E-state index in [1.807, 2.05) is 25.1 Å². The van der Waals surface area contributed by atoms with E-state index in [4.69, 9.17) is 34.8 Å². The fourth-order valence-corrected chi connectivity index (χ4v) is 2.51. The van der Waals surface area contributed by atoms with Gasteiger partial charge in [0.15, 0.2) is 11.5 Å². The molecule has 2 N–H and O–H groups in total. The minimum absolute atomic E-state index is 0.0824.